The first-order chi connectivity index (χ1) is 11.4. The quantitative estimate of drug-likeness (QED) is 0.685. The molecule has 0 unspecified atom stereocenters. The lowest BCUT2D eigenvalue weighted by atomic mass is 10.1. The average molecular weight is 397 g/mol. The Morgan fingerprint density at radius 2 is 2.08 bits per heavy atom. The molecule has 7 nitrogen and oxygen atoms in total. The molecule has 0 saturated carbocycles. The van der Waals surface area contributed by atoms with E-state index in [0.717, 1.165) is 0 Å². The van der Waals surface area contributed by atoms with Crippen molar-refractivity contribution in [1.29, 1.82) is 0 Å². The van der Waals surface area contributed by atoms with E-state index in [-0.39, 0.29) is 12.2 Å². The van der Waals surface area contributed by atoms with Crippen molar-refractivity contribution in [2.45, 2.75) is 19.9 Å². The van der Waals surface area contributed by atoms with Crippen molar-refractivity contribution < 1.29 is 9.18 Å². The van der Waals surface area contributed by atoms with Gasteiger partial charge >= 0.3 is 11.7 Å². The highest BCUT2D eigenvalue weighted by Crippen LogP contribution is 2.25. The number of nitrogens with zero attached hydrogens (tertiary/aromatic N) is 1. The molecule has 0 atom stereocenters. The molecular weight excluding hydrogens is 383 g/mol. The van der Waals surface area contributed by atoms with Crippen LogP contribution in [0.1, 0.15) is 16.8 Å². The number of benzene rings is 1. The van der Waals surface area contributed by atoms with Crippen LogP contribution < -0.4 is 16.6 Å². The second-order valence-corrected chi connectivity index (χ2v) is 6.36. The maximum absolute atomic E-state index is 14.2. The molecule has 0 fully saturated rings. The Bertz CT molecular complexity index is 937. The zero-order valence-electron chi connectivity index (χ0n) is 12.7. The smallest absolute Gasteiger partial charge is 0.318 e. The number of hydrogen-bond acceptors (Lipinski definition) is 3. The van der Waals surface area contributed by atoms with Gasteiger partial charge < -0.3 is 15.2 Å². The fourth-order valence-electron chi connectivity index (χ4n) is 2.60. The van der Waals surface area contributed by atoms with Gasteiger partial charge in [-0.1, -0.05) is 15.9 Å². The number of halogens is 2. The van der Waals surface area contributed by atoms with E-state index in [0.29, 0.717) is 34.3 Å². The van der Waals surface area contributed by atoms with Crippen LogP contribution in [0.2, 0.25) is 0 Å². The molecule has 9 heteroatoms. The molecule has 1 aliphatic rings. The third-order valence-electron chi connectivity index (χ3n) is 3.96. The summed E-state index contributed by atoms with van der Waals surface area (Å²) in [7, 11) is 0. The Labute approximate surface area is 144 Å². The summed E-state index contributed by atoms with van der Waals surface area (Å²) in [5, 5.41) is 2.52. The van der Waals surface area contributed by atoms with Gasteiger partial charge in [-0.2, -0.15) is 0 Å². The minimum Gasteiger partial charge on any atom is -0.318 e. The third-order valence-corrected chi connectivity index (χ3v) is 4.82. The van der Waals surface area contributed by atoms with E-state index in [4.69, 9.17) is 0 Å². The molecule has 1 aromatic heterocycles. The van der Waals surface area contributed by atoms with Crippen LogP contribution in [0.3, 0.4) is 0 Å². The highest BCUT2D eigenvalue weighted by Gasteiger charge is 2.24. The molecule has 2 heterocycles. The minimum atomic E-state index is -0.615. The third kappa shape index (κ3) is 2.99. The molecule has 2 amide bonds. The number of carbonyl (C=O) groups excluding carboxylic acids is 1. The fraction of sp³-hybridized carbons (Fsp3) is 0.267. The van der Waals surface area contributed by atoms with E-state index >= 15 is 0 Å². The maximum atomic E-state index is 14.2. The van der Waals surface area contributed by atoms with E-state index in [1.165, 1.54) is 11.0 Å². The van der Waals surface area contributed by atoms with Crippen LogP contribution in [0.15, 0.2) is 26.2 Å². The summed E-state index contributed by atoms with van der Waals surface area (Å²) >= 11 is 3.23. The van der Waals surface area contributed by atoms with E-state index in [9.17, 15) is 18.8 Å². The number of rotatable bonds is 1. The summed E-state index contributed by atoms with van der Waals surface area (Å²) in [6.07, 6.45) is 0.316. The van der Waals surface area contributed by atoms with Gasteiger partial charge in [-0.15, -0.1) is 0 Å². The molecule has 3 N–H and O–H groups in total. The normalized spacial score (nSPS) is 13.5. The van der Waals surface area contributed by atoms with E-state index in [1.54, 1.807) is 13.0 Å². The Balaban J connectivity index is 1.81. The summed E-state index contributed by atoms with van der Waals surface area (Å²) in [5.41, 5.74) is 0.277. The molecule has 3 rings (SSSR count). The number of carbonyl (C=O) groups is 1. The van der Waals surface area contributed by atoms with E-state index in [2.05, 4.69) is 31.2 Å². The predicted molar refractivity (Wildman–Crippen MR) is 89.7 cm³/mol. The molecule has 1 aromatic carbocycles. The largest absolute Gasteiger partial charge is 0.325 e. The first-order valence-corrected chi connectivity index (χ1v) is 8.01. The first-order valence-electron chi connectivity index (χ1n) is 7.21. The van der Waals surface area contributed by atoms with Crippen molar-refractivity contribution in [3.8, 4) is 0 Å². The van der Waals surface area contributed by atoms with Crippen LogP contribution in [-0.4, -0.2) is 27.4 Å². The number of fused-ring (bicyclic) bond motifs is 1. The molecule has 0 bridgehead atoms. The van der Waals surface area contributed by atoms with Crippen LogP contribution in [0, 0.1) is 12.7 Å². The highest BCUT2D eigenvalue weighted by molar-refractivity contribution is 9.10. The van der Waals surface area contributed by atoms with Gasteiger partial charge in [-0.25, -0.2) is 14.0 Å². The fourth-order valence-corrected chi connectivity index (χ4v) is 2.91. The van der Waals surface area contributed by atoms with Crippen molar-refractivity contribution in [2.24, 2.45) is 0 Å². The molecule has 0 aliphatic carbocycles. The number of amides is 2. The number of hydrogen-bond donors (Lipinski definition) is 3. The number of aromatic nitrogens is 2. The molecule has 1 aliphatic heterocycles. The lowest BCUT2D eigenvalue weighted by Crippen LogP contribution is -2.43. The van der Waals surface area contributed by atoms with Crippen LogP contribution in [-0.2, 0) is 13.0 Å². The zero-order chi connectivity index (χ0) is 17.4. The SMILES string of the molecule is Cc1c(Br)ccc(NC(=O)N2CCc3c([nH]c(=O)[nH]c3=O)C2)c1F. The number of aromatic amines is 2. The number of anilines is 1. The number of H-pyrrole nitrogens is 2. The summed E-state index contributed by atoms with van der Waals surface area (Å²) < 4.78 is 14.8. The molecular formula is C15H14BrFN4O3. The topological polar surface area (TPSA) is 98.1 Å². The maximum Gasteiger partial charge on any atom is 0.325 e. The molecule has 2 aromatic rings. The van der Waals surface area contributed by atoms with Gasteiger partial charge in [0.2, 0.25) is 0 Å². The summed E-state index contributed by atoms with van der Waals surface area (Å²) in [6, 6.07) is 2.62. The molecule has 0 saturated heterocycles. The number of nitrogens with one attached hydrogen (secondary N) is 3. The lowest BCUT2D eigenvalue weighted by Gasteiger charge is -2.28. The Morgan fingerprint density at radius 3 is 2.83 bits per heavy atom. The average Bonchev–Trinajstić information content (AvgIpc) is 2.54. The highest BCUT2D eigenvalue weighted by atomic mass is 79.9. The molecule has 24 heavy (non-hydrogen) atoms. The monoisotopic (exact) mass is 396 g/mol. The second kappa shape index (κ2) is 6.23. The van der Waals surface area contributed by atoms with Crippen LogP contribution in [0.4, 0.5) is 14.9 Å². The van der Waals surface area contributed by atoms with Gasteiger partial charge in [0.15, 0.2) is 5.82 Å². The predicted octanol–water partition coefficient (Wildman–Crippen LogP) is 1.86. The second-order valence-electron chi connectivity index (χ2n) is 5.50. The van der Waals surface area contributed by atoms with Crippen molar-refractivity contribution in [1.82, 2.24) is 14.9 Å². The summed E-state index contributed by atoms with van der Waals surface area (Å²) in [6.45, 7) is 1.98. The van der Waals surface area contributed by atoms with Crippen LogP contribution in [0.5, 0.6) is 0 Å². The van der Waals surface area contributed by atoms with Crippen molar-refractivity contribution >= 4 is 27.6 Å². The van der Waals surface area contributed by atoms with E-state index < -0.39 is 23.1 Å². The number of urea groups is 1. The summed E-state index contributed by atoms with van der Waals surface area (Å²) in [5.74, 6) is -0.514. The first kappa shape index (κ1) is 16.4. The molecule has 0 spiro atoms. The minimum absolute atomic E-state index is 0.0749. The van der Waals surface area contributed by atoms with Gasteiger partial charge in [-0.3, -0.25) is 9.78 Å². The molecule has 0 radical (unpaired) electrons. The Hall–Kier alpha value is -2.42. The van der Waals surface area contributed by atoms with Gasteiger partial charge in [-0.05, 0) is 25.5 Å². The van der Waals surface area contributed by atoms with Crippen molar-refractivity contribution in [3.63, 3.8) is 0 Å². The Morgan fingerprint density at radius 1 is 1.33 bits per heavy atom. The van der Waals surface area contributed by atoms with Gasteiger partial charge in [0, 0.05) is 27.8 Å². The van der Waals surface area contributed by atoms with Crippen molar-refractivity contribution in [3.05, 3.63) is 60.1 Å². The van der Waals surface area contributed by atoms with Crippen molar-refractivity contribution in [2.75, 3.05) is 11.9 Å². The lowest BCUT2D eigenvalue weighted by molar-refractivity contribution is 0.205. The standard InChI is InChI=1S/C15H14BrFN4O3/c1-7-9(16)2-3-10(12(7)17)19-15(24)21-5-4-8-11(6-21)18-14(23)20-13(8)22/h2-3H,4-6H2,1H3,(H,19,24)(H2,18,20,22,23). The molecule has 126 valence electrons. The van der Waals surface area contributed by atoms with Gasteiger partial charge in [0.05, 0.1) is 12.2 Å². The van der Waals surface area contributed by atoms with Crippen LogP contribution >= 0.6 is 15.9 Å². The van der Waals surface area contributed by atoms with E-state index in [1.807, 2.05) is 0 Å². The van der Waals surface area contributed by atoms with Gasteiger partial charge in [0.1, 0.15) is 0 Å². The van der Waals surface area contributed by atoms with Gasteiger partial charge in [0.25, 0.3) is 5.56 Å². The van der Waals surface area contributed by atoms with Crippen LogP contribution in [0.25, 0.3) is 0 Å². The summed E-state index contributed by atoms with van der Waals surface area (Å²) in [4.78, 5) is 41.5. The zero-order valence-corrected chi connectivity index (χ0v) is 14.3. The Kier molecular flexibility index (Phi) is 4.27.